The zero-order valence-electron chi connectivity index (χ0n) is 14.4. The standard InChI is InChI=1S/C16H22N4O4S2/c21-26(22,20-7-9-23-10-8-20)19-5-3-18(4-6-19)12-14-13-24-16(17-14)15-2-1-11-25-15/h1-2,11,13H,3-10,12H2. The van der Waals surface area contributed by atoms with Crippen molar-refractivity contribution >= 4 is 21.5 Å². The largest absolute Gasteiger partial charge is 0.444 e. The molecule has 4 rings (SSSR count). The van der Waals surface area contributed by atoms with Crippen molar-refractivity contribution in [2.45, 2.75) is 6.54 Å². The molecular formula is C16H22N4O4S2. The summed E-state index contributed by atoms with van der Waals surface area (Å²) in [5.74, 6) is 0.642. The topological polar surface area (TPSA) is 79.1 Å². The number of thiophene rings is 1. The molecule has 2 aromatic heterocycles. The predicted octanol–water partition coefficient (Wildman–Crippen LogP) is 1.10. The van der Waals surface area contributed by atoms with E-state index in [4.69, 9.17) is 9.15 Å². The van der Waals surface area contributed by atoms with Crippen molar-refractivity contribution in [2.75, 3.05) is 52.5 Å². The fraction of sp³-hybridized carbons (Fsp3) is 0.562. The van der Waals surface area contributed by atoms with Gasteiger partial charge < -0.3 is 9.15 Å². The zero-order chi connectivity index (χ0) is 18.0. The van der Waals surface area contributed by atoms with Crippen LogP contribution in [0.1, 0.15) is 5.69 Å². The van der Waals surface area contributed by atoms with Gasteiger partial charge in [-0.2, -0.15) is 17.0 Å². The van der Waals surface area contributed by atoms with E-state index >= 15 is 0 Å². The van der Waals surface area contributed by atoms with E-state index in [0.29, 0.717) is 64.9 Å². The molecule has 4 heterocycles. The molecule has 0 unspecified atom stereocenters. The van der Waals surface area contributed by atoms with Crippen LogP contribution < -0.4 is 0 Å². The molecule has 2 saturated heterocycles. The van der Waals surface area contributed by atoms with Gasteiger partial charge in [0, 0.05) is 45.8 Å². The summed E-state index contributed by atoms with van der Waals surface area (Å²) in [4.78, 5) is 7.76. The van der Waals surface area contributed by atoms with Crippen LogP contribution in [0.4, 0.5) is 0 Å². The lowest BCUT2D eigenvalue weighted by Crippen LogP contribution is -2.54. The van der Waals surface area contributed by atoms with E-state index in [0.717, 1.165) is 10.6 Å². The van der Waals surface area contributed by atoms with Gasteiger partial charge in [0.05, 0.1) is 23.8 Å². The maximum Gasteiger partial charge on any atom is 0.282 e. The molecule has 0 N–H and O–H groups in total. The van der Waals surface area contributed by atoms with Gasteiger partial charge in [0.25, 0.3) is 10.2 Å². The SMILES string of the molecule is O=S(=O)(N1CCOCC1)N1CCN(Cc2coc(-c3cccs3)n2)CC1. The van der Waals surface area contributed by atoms with Crippen LogP contribution >= 0.6 is 11.3 Å². The Bertz CT molecular complexity index is 807. The van der Waals surface area contributed by atoms with Crippen molar-refractivity contribution in [3.63, 3.8) is 0 Å². The minimum Gasteiger partial charge on any atom is -0.444 e. The highest BCUT2D eigenvalue weighted by atomic mass is 32.2. The van der Waals surface area contributed by atoms with Crippen molar-refractivity contribution in [2.24, 2.45) is 0 Å². The number of morpholine rings is 1. The maximum absolute atomic E-state index is 12.7. The fourth-order valence-electron chi connectivity index (χ4n) is 3.18. The van der Waals surface area contributed by atoms with Gasteiger partial charge in [-0.3, -0.25) is 4.90 Å². The van der Waals surface area contributed by atoms with E-state index in [1.165, 1.54) is 4.31 Å². The van der Waals surface area contributed by atoms with Crippen LogP contribution in [0.3, 0.4) is 0 Å². The van der Waals surface area contributed by atoms with E-state index < -0.39 is 10.2 Å². The molecule has 10 heteroatoms. The summed E-state index contributed by atoms with van der Waals surface area (Å²) in [5, 5.41) is 1.99. The Kier molecular flexibility index (Phi) is 5.39. The second kappa shape index (κ2) is 7.75. The van der Waals surface area contributed by atoms with E-state index in [1.807, 2.05) is 17.5 Å². The van der Waals surface area contributed by atoms with Gasteiger partial charge in [-0.25, -0.2) is 4.98 Å². The first-order valence-electron chi connectivity index (χ1n) is 8.66. The minimum atomic E-state index is -3.38. The van der Waals surface area contributed by atoms with Crippen molar-refractivity contribution < 1.29 is 17.6 Å². The van der Waals surface area contributed by atoms with Gasteiger partial charge in [0.15, 0.2) is 0 Å². The molecular weight excluding hydrogens is 376 g/mol. The number of nitrogens with zero attached hydrogens (tertiary/aromatic N) is 4. The Hall–Kier alpha value is -1.30. The van der Waals surface area contributed by atoms with Crippen LogP contribution in [0.25, 0.3) is 10.8 Å². The van der Waals surface area contributed by atoms with Gasteiger partial charge in [-0.05, 0) is 11.4 Å². The van der Waals surface area contributed by atoms with Crippen LogP contribution in [0.5, 0.6) is 0 Å². The molecule has 0 atom stereocenters. The lowest BCUT2D eigenvalue weighted by atomic mass is 10.3. The summed E-state index contributed by atoms with van der Waals surface area (Å²) in [6.45, 7) is 4.84. The monoisotopic (exact) mass is 398 g/mol. The Labute approximate surface area is 157 Å². The smallest absolute Gasteiger partial charge is 0.282 e. The molecule has 26 heavy (non-hydrogen) atoms. The third-order valence-corrected chi connectivity index (χ3v) is 7.52. The number of oxazole rings is 1. The van der Waals surface area contributed by atoms with Gasteiger partial charge >= 0.3 is 0 Å². The molecule has 0 spiro atoms. The molecule has 0 aromatic carbocycles. The summed E-state index contributed by atoms with van der Waals surface area (Å²) in [7, 11) is -3.38. The average molecular weight is 399 g/mol. The number of ether oxygens (including phenoxy) is 1. The summed E-state index contributed by atoms with van der Waals surface area (Å²) in [6, 6.07) is 3.95. The van der Waals surface area contributed by atoms with Crippen LogP contribution in [-0.4, -0.2) is 79.4 Å². The third kappa shape index (κ3) is 3.85. The average Bonchev–Trinajstić information content (AvgIpc) is 3.34. The number of hydrogen-bond donors (Lipinski definition) is 0. The molecule has 0 aliphatic carbocycles. The van der Waals surface area contributed by atoms with Crippen molar-refractivity contribution in [3.8, 4) is 10.8 Å². The molecule has 0 bridgehead atoms. The Morgan fingerprint density at radius 2 is 1.81 bits per heavy atom. The molecule has 2 aliphatic heterocycles. The van der Waals surface area contributed by atoms with Crippen LogP contribution in [0, 0.1) is 0 Å². The summed E-state index contributed by atoms with van der Waals surface area (Å²) in [5.41, 5.74) is 0.873. The van der Waals surface area contributed by atoms with Crippen LogP contribution in [0.15, 0.2) is 28.2 Å². The highest BCUT2D eigenvalue weighted by Crippen LogP contribution is 2.24. The number of piperazine rings is 1. The third-order valence-electron chi connectivity index (χ3n) is 4.62. The molecule has 8 nitrogen and oxygen atoms in total. The Morgan fingerprint density at radius 3 is 2.50 bits per heavy atom. The first-order chi connectivity index (χ1) is 12.6. The summed E-state index contributed by atoms with van der Waals surface area (Å²) >= 11 is 1.60. The van der Waals surface area contributed by atoms with Crippen LogP contribution in [-0.2, 0) is 21.5 Å². The highest BCUT2D eigenvalue weighted by Gasteiger charge is 2.33. The summed E-state index contributed by atoms with van der Waals surface area (Å²) < 4.78 is 39.3. The number of aromatic nitrogens is 1. The van der Waals surface area contributed by atoms with E-state index in [-0.39, 0.29) is 0 Å². The molecule has 2 aromatic rings. The van der Waals surface area contributed by atoms with Gasteiger partial charge in [-0.1, -0.05) is 6.07 Å². The normalized spacial score (nSPS) is 21.2. The molecule has 0 radical (unpaired) electrons. The van der Waals surface area contributed by atoms with E-state index in [2.05, 4.69) is 9.88 Å². The lowest BCUT2D eigenvalue weighted by Gasteiger charge is -2.37. The van der Waals surface area contributed by atoms with Gasteiger partial charge in [0.2, 0.25) is 5.89 Å². The van der Waals surface area contributed by atoms with Crippen molar-refractivity contribution in [1.29, 1.82) is 0 Å². The molecule has 142 valence electrons. The first kappa shape index (κ1) is 18.1. The second-order valence-corrected chi connectivity index (χ2v) is 9.19. The highest BCUT2D eigenvalue weighted by molar-refractivity contribution is 7.86. The van der Waals surface area contributed by atoms with Crippen molar-refractivity contribution in [3.05, 3.63) is 29.5 Å². The number of rotatable bonds is 5. The number of hydrogen-bond acceptors (Lipinski definition) is 7. The van der Waals surface area contributed by atoms with Crippen LogP contribution in [0.2, 0.25) is 0 Å². The Morgan fingerprint density at radius 1 is 1.08 bits per heavy atom. The lowest BCUT2D eigenvalue weighted by molar-refractivity contribution is 0.0683. The quantitative estimate of drug-likeness (QED) is 0.750. The Balaban J connectivity index is 1.32. The minimum absolute atomic E-state index is 0.437. The predicted molar refractivity (Wildman–Crippen MR) is 98.0 cm³/mol. The molecule has 0 saturated carbocycles. The maximum atomic E-state index is 12.7. The fourth-order valence-corrected chi connectivity index (χ4v) is 5.40. The summed E-state index contributed by atoms with van der Waals surface area (Å²) in [6.07, 6.45) is 1.69. The van der Waals surface area contributed by atoms with E-state index in [1.54, 1.807) is 21.9 Å². The van der Waals surface area contributed by atoms with E-state index in [9.17, 15) is 8.42 Å². The van der Waals surface area contributed by atoms with Gasteiger partial charge in [0.1, 0.15) is 6.26 Å². The molecule has 2 aliphatic rings. The molecule has 0 amide bonds. The first-order valence-corrected chi connectivity index (χ1v) is 10.9. The second-order valence-electron chi connectivity index (χ2n) is 6.32. The zero-order valence-corrected chi connectivity index (χ0v) is 16.0. The van der Waals surface area contributed by atoms with Crippen molar-refractivity contribution in [1.82, 2.24) is 18.5 Å². The molecule has 2 fully saturated rings. The van der Waals surface area contributed by atoms with Gasteiger partial charge in [-0.15, -0.1) is 11.3 Å².